The number of para-hydroxylation sites is 1. The van der Waals surface area contributed by atoms with Gasteiger partial charge in [-0.25, -0.2) is 9.59 Å². The average Bonchev–Trinajstić information content (AvgIpc) is 3.04. The van der Waals surface area contributed by atoms with Crippen molar-refractivity contribution in [2.45, 2.75) is 20.0 Å². The topological polar surface area (TPSA) is 55.8 Å². The van der Waals surface area contributed by atoms with Crippen molar-refractivity contribution in [3.8, 4) is 5.75 Å². The Hall–Kier alpha value is -3.08. The molecule has 2 aromatic rings. The third kappa shape index (κ3) is 3.61. The van der Waals surface area contributed by atoms with E-state index in [9.17, 15) is 9.59 Å². The molecule has 0 radical (unpaired) electrons. The summed E-state index contributed by atoms with van der Waals surface area (Å²) in [4.78, 5) is 26.5. The summed E-state index contributed by atoms with van der Waals surface area (Å²) in [5.74, 6) is 0.106. The highest BCUT2D eigenvalue weighted by Gasteiger charge is 2.36. The second-order valence-corrected chi connectivity index (χ2v) is 6.46. The number of hydrogen-bond acceptors (Lipinski definition) is 4. The van der Waals surface area contributed by atoms with Gasteiger partial charge in [0.15, 0.2) is 0 Å². The smallest absolute Gasteiger partial charge is 0.414 e. The van der Waals surface area contributed by atoms with E-state index in [4.69, 9.17) is 9.47 Å². The molecule has 26 heavy (non-hydrogen) atoms. The van der Waals surface area contributed by atoms with Gasteiger partial charge in [-0.1, -0.05) is 50.8 Å². The molecule has 1 heterocycles. The minimum atomic E-state index is -0.525. The zero-order chi connectivity index (χ0) is 18.7. The normalized spacial score (nSPS) is 16.5. The molecule has 134 valence electrons. The maximum atomic E-state index is 12.7. The Morgan fingerprint density at radius 1 is 1.27 bits per heavy atom. The predicted molar refractivity (Wildman–Crippen MR) is 100 cm³/mol. The van der Waals surface area contributed by atoms with Crippen LogP contribution in [0.4, 0.5) is 10.5 Å². The molecule has 1 atom stereocenters. The van der Waals surface area contributed by atoms with E-state index in [1.54, 1.807) is 48.5 Å². The van der Waals surface area contributed by atoms with Gasteiger partial charge in [0.25, 0.3) is 0 Å². The van der Waals surface area contributed by atoms with Crippen molar-refractivity contribution in [2.24, 2.45) is 5.92 Å². The number of ether oxygens (including phenoxy) is 2. The number of benzene rings is 2. The highest BCUT2D eigenvalue weighted by Crippen LogP contribution is 2.30. The number of hydrogen-bond donors (Lipinski definition) is 0. The van der Waals surface area contributed by atoms with Gasteiger partial charge >= 0.3 is 12.1 Å². The van der Waals surface area contributed by atoms with E-state index in [0.29, 0.717) is 23.5 Å². The summed E-state index contributed by atoms with van der Waals surface area (Å²) < 4.78 is 10.9. The van der Waals surface area contributed by atoms with Crippen molar-refractivity contribution in [3.05, 3.63) is 66.2 Å². The van der Waals surface area contributed by atoms with Crippen LogP contribution in [0.2, 0.25) is 0 Å². The van der Waals surface area contributed by atoms with Gasteiger partial charge in [0.2, 0.25) is 0 Å². The Morgan fingerprint density at radius 2 is 2.00 bits per heavy atom. The Labute approximate surface area is 152 Å². The fourth-order valence-corrected chi connectivity index (χ4v) is 2.75. The summed E-state index contributed by atoms with van der Waals surface area (Å²) in [5.41, 5.74) is 1.58. The molecule has 0 spiro atoms. The lowest BCUT2D eigenvalue weighted by molar-refractivity contribution is 0.0735. The molecule has 0 aliphatic carbocycles. The molecule has 1 amide bonds. The van der Waals surface area contributed by atoms with E-state index in [0.717, 1.165) is 5.56 Å². The fraction of sp³-hybridized carbons (Fsp3) is 0.238. The summed E-state index contributed by atoms with van der Waals surface area (Å²) in [6, 6.07) is 14.0. The highest BCUT2D eigenvalue weighted by atomic mass is 16.6. The number of esters is 1. The van der Waals surface area contributed by atoms with Crippen molar-refractivity contribution < 1.29 is 19.1 Å². The van der Waals surface area contributed by atoms with E-state index < -0.39 is 12.1 Å². The SMILES string of the molecule is C=Cc1ccc(C(=O)Oc2ccccc2)c(N2CC(C(C)C)OC2=O)c1. The third-order valence-corrected chi connectivity index (χ3v) is 4.30. The highest BCUT2D eigenvalue weighted by molar-refractivity contribution is 6.02. The van der Waals surface area contributed by atoms with Crippen LogP contribution < -0.4 is 9.64 Å². The van der Waals surface area contributed by atoms with Crippen LogP contribution in [-0.2, 0) is 4.74 Å². The number of rotatable bonds is 5. The molecule has 1 fully saturated rings. The van der Waals surface area contributed by atoms with Gasteiger partial charge in [-0.05, 0) is 35.7 Å². The van der Waals surface area contributed by atoms with Crippen LogP contribution in [0.15, 0.2) is 55.1 Å². The molecule has 0 aromatic heterocycles. The molecule has 1 unspecified atom stereocenters. The van der Waals surface area contributed by atoms with Gasteiger partial charge in [-0.2, -0.15) is 0 Å². The molecule has 0 saturated carbocycles. The lowest BCUT2D eigenvalue weighted by Gasteiger charge is -2.18. The molecular formula is C21H21NO4. The van der Waals surface area contributed by atoms with Gasteiger partial charge in [0.1, 0.15) is 11.9 Å². The monoisotopic (exact) mass is 351 g/mol. The van der Waals surface area contributed by atoms with Crippen LogP contribution in [0.25, 0.3) is 6.08 Å². The molecule has 2 aromatic carbocycles. The number of anilines is 1. The van der Waals surface area contributed by atoms with Gasteiger partial charge in [-0.3, -0.25) is 4.90 Å². The van der Waals surface area contributed by atoms with Crippen molar-refractivity contribution in [3.63, 3.8) is 0 Å². The van der Waals surface area contributed by atoms with Gasteiger partial charge in [0, 0.05) is 0 Å². The Morgan fingerprint density at radius 3 is 2.62 bits per heavy atom. The van der Waals surface area contributed by atoms with Crippen molar-refractivity contribution >= 4 is 23.8 Å². The Bertz CT molecular complexity index is 829. The van der Waals surface area contributed by atoms with E-state index in [1.165, 1.54) is 4.90 Å². The summed E-state index contributed by atoms with van der Waals surface area (Å²) in [6.45, 7) is 8.13. The second kappa shape index (κ2) is 7.44. The minimum Gasteiger partial charge on any atom is -0.444 e. The zero-order valence-electron chi connectivity index (χ0n) is 14.8. The first-order valence-corrected chi connectivity index (χ1v) is 8.51. The van der Waals surface area contributed by atoms with E-state index in [1.807, 2.05) is 19.9 Å². The quantitative estimate of drug-likeness (QED) is 0.587. The molecule has 1 aliphatic rings. The molecular weight excluding hydrogens is 330 g/mol. The largest absolute Gasteiger partial charge is 0.444 e. The first kappa shape index (κ1) is 17.7. The van der Waals surface area contributed by atoms with Crippen LogP contribution in [0.1, 0.15) is 29.8 Å². The van der Waals surface area contributed by atoms with Gasteiger partial charge in [-0.15, -0.1) is 0 Å². The zero-order valence-corrected chi connectivity index (χ0v) is 14.8. The Kier molecular flexibility index (Phi) is 5.07. The molecule has 5 heteroatoms. The van der Waals surface area contributed by atoms with Crippen LogP contribution in [0.5, 0.6) is 5.75 Å². The van der Waals surface area contributed by atoms with Crippen molar-refractivity contribution in [2.75, 3.05) is 11.4 Å². The maximum Gasteiger partial charge on any atom is 0.414 e. The van der Waals surface area contributed by atoms with Crippen molar-refractivity contribution in [1.82, 2.24) is 0 Å². The van der Waals surface area contributed by atoms with Crippen LogP contribution in [-0.4, -0.2) is 24.7 Å². The summed E-state index contributed by atoms with van der Waals surface area (Å²) >= 11 is 0. The molecule has 1 saturated heterocycles. The van der Waals surface area contributed by atoms with Crippen LogP contribution in [0, 0.1) is 5.92 Å². The van der Waals surface area contributed by atoms with Crippen molar-refractivity contribution in [1.29, 1.82) is 0 Å². The minimum absolute atomic E-state index is 0.186. The molecule has 0 N–H and O–H groups in total. The van der Waals surface area contributed by atoms with E-state index in [-0.39, 0.29) is 12.0 Å². The second-order valence-electron chi connectivity index (χ2n) is 6.46. The summed E-state index contributed by atoms with van der Waals surface area (Å²) in [5, 5.41) is 0. The van der Waals surface area contributed by atoms with E-state index in [2.05, 4.69) is 6.58 Å². The number of nitrogens with zero attached hydrogens (tertiary/aromatic N) is 1. The first-order chi connectivity index (χ1) is 12.5. The average molecular weight is 351 g/mol. The molecule has 3 rings (SSSR count). The summed E-state index contributed by atoms with van der Waals surface area (Å²) in [6.07, 6.45) is 0.989. The molecule has 0 bridgehead atoms. The number of carbonyl (C=O) groups excluding carboxylic acids is 2. The maximum absolute atomic E-state index is 12.7. The lowest BCUT2D eigenvalue weighted by atomic mass is 10.1. The molecule has 5 nitrogen and oxygen atoms in total. The Balaban J connectivity index is 1.94. The predicted octanol–water partition coefficient (Wildman–Crippen LogP) is 4.53. The lowest BCUT2D eigenvalue weighted by Crippen LogP contribution is -2.28. The molecule has 1 aliphatic heterocycles. The third-order valence-electron chi connectivity index (χ3n) is 4.30. The fourth-order valence-electron chi connectivity index (χ4n) is 2.75. The first-order valence-electron chi connectivity index (χ1n) is 8.51. The standard InChI is InChI=1S/C21H21NO4/c1-4-15-10-11-17(20(23)25-16-8-6-5-7-9-16)18(12-15)22-13-19(14(2)3)26-21(22)24/h4-12,14,19H,1,13H2,2-3H3. The van der Waals surface area contributed by atoms with Crippen LogP contribution in [0.3, 0.4) is 0 Å². The van der Waals surface area contributed by atoms with Gasteiger partial charge < -0.3 is 9.47 Å². The number of carbonyl (C=O) groups is 2. The summed E-state index contributed by atoms with van der Waals surface area (Å²) in [7, 11) is 0. The number of amides is 1. The van der Waals surface area contributed by atoms with Crippen LogP contribution >= 0.6 is 0 Å². The van der Waals surface area contributed by atoms with E-state index >= 15 is 0 Å². The number of cyclic esters (lactones) is 1. The van der Waals surface area contributed by atoms with Gasteiger partial charge in [0.05, 0.1) is 17.8 Å².